The SMILES string of the molecule is CCCS(=O)(=O)c1ccc(-c2cccc(-c3c(C)c(=O)[nH]c4c(C(F)(F)F)cccc34)c2)s1. The molecule has 0 radical (unpaired) electrons. The van der Waals surface area contributed by atoms with Crippen molar-refractivity contribution < 1.29 is 21.6 Å². The lowest BCUT2D eigenvalue weighted by atomic mass is 9.94. The smallest absolute Gasteiger partial charge is 0.321 e. The standard InChI is InChI=1S/C24H20F3NO3S2/c1-3-12-33(30,31)20-11-10-19(32-20)15-6-4-7-16(13-15)21-14(2)23(29)28-22-17(21)8-5-9-18(22)24(25,26)27/h4-11,13H,3,12H2,1-2H3,(H,28,29). The van der Waals surface area contributed by atoms with Crippen molar-refractivity contribution in [3.05, 3.63) is 76.1 Å². The Labute approximate surface area is 192 Å². The highest BCUT2D eigenvalue weighted by Gasteiger charge is 2.33. The van der Waals surface area contributed by atoms with E-state index in [4.69, 9.17) is 0 Å². The average Bonchev–Trinajstić information content (AvgIpc) is 3.25. The number of hydrogen-bond acceptors (Lipinski definition) is 4. The van der Waals surface area contributed by atoms with Crippen LogP contribution in [0.2, 0.25) is 0 Å². The van der Waals surface area contributed by atoms with Crippen molar-refractivity contribution in [3.8, 4) is 21.6 Å². The Morgan fingerprint density at radius 3 is 2.39 bits per heavy atom. The van der Waals surface area contributed by atoms with E-state index in [1.165, 1.54) is 6.07 Å². The molecule has 1 N–H and O–H groups in total. The first-order chi connectivity index (χ1) is 15.5. The largest absolute Gasteiger partial charge is 0.418 e. The van der Waals surface area contributed by atoms with E-state index in [1.54, 1.807) is 56.3 Å². The number of H-pyrrole nitrogens is 1. The molecule has 0 fully saturated rings. The summed E-state index contributed by atoms with van der Waals surface area (Å²) in [5, 5.41) is 0.288. The monoisotopic (exact) mass is 491 g/mol. The van der Waals surface area contributed by atoms with Gasteiger partial charge in [-0.1, -0.05) is 37.3 Å². The minimum absolute atomic E-state index is 0.0620. The summed E-state index contributed by atoms with van der Waals surface area (Å²) in [6, 6.07) is 14.1. The van der Waals surface area contributed by atoms with Gasteiger partial charge in [-0.2, -0.15) is 13.2 Å². The lowest BCUT2D eigenvalue weighted by Crippen LogP contribution is -2.15. The highest BCUT2D eigenvalue weighted by Crippen LogP contribution is 2.39. The fourth-order valence-electron chi connectivity index (χ4n) is 3.87. The van der Waals surface area contributed by atoms with Gasteiger partial charge >= 0.3 is 6.18 Å². The molecule has 0 bridgehead atoms. The summed E-state index contributed by atoms with van der Waals surface area (Å²) in [5.74, 6) is 0.0620. The molecule has 4 rings (SSSR count). The number of aromatic nitrogens is 1. The quantitative estimate of drug-likeness (QED) is 0.350. The van der Waals surface area contributed by atoms with Crippen LogP contribution >= 0.6 is 11.3 Å². The van der Waals surface area contributed by atoms with Crippen LogP contribution in [-0.2, 0) is 16.0 Å². The zero-order valence-electron chi connectivity index (χ0n) is 17.8. The summed E-state index contributed by atoms with van der Waals surface area (Å²) in [4.78, 5) is 15.6. The molecular weight excluding hydrogens is 471 g/mol. The third-order valence-electron chi connectivity index (χ3n) is 5.39. The van der Waals surface area contributed by atoms with Gasteiger partial charge < -0.3 is 4.98 Å². The number of thiophene rings is 1. The summed E-state index contributed by atoms with van der Waals surface area (Å²) in [6.07, 6.45) is -4.10. The third-order valence-corrected chi connectivity index (χ3v) is 9.03. The van der Waals surface area contributed by atoms with E-state index in [1.807, 2.05) is 0 Å². The van der Waals surface area contributed by atoms with Gasteiger partial charge in [-0.3, -0.25) is 4.79 Å². The molecule has 33 heavy (non-hydrogen) atoms. The second kappa shape index (κ2) is 8.46. The molecular formula is C24H20F3NO3S2. The maximum Gasteiger partial charge on any atom is 0.418 e. The molecule has 0 spiro atoms. The number of fused-ring (bicyclic) bond motifs is 1. The van der Waals surface area contributed by atoms with E-state index in [9.17, 15) is 26.4 Å². The topological polar surface area (TPSA) is 67.0 Å². The predicted molar refractivity (Wildman–Crippen MR) is 125 cm³/mol. The molecule has 2 heterocycles. The molecule has 9 heteroatoms. The minimum Gasteiger partial charge on any atom is -0.321 e. The number of halogens is 3. The summed E-state index contributed by atoms with van der Waals surface area (Å²) < 4.78 is 65.7. The first-order valence-corrected chi connectivity index (χ1v) is 12.7. The van der Waals surface area contributed by atoms with Gasteiger partial charge in [-0.15, -0.1) is 11.3 Å². The molecule has 4 aromatic rings. The van der Waals surface area contributed by atoms with Crippen LogP contribution in [-0.4, -0.2) is 19.2 Å². The Bertz CT molecular complexity index is 1520. The van der Waals surface area contributed by atoms with Crippen molar-refractivity contribution in [2.45, 2.75) is 30.7 Å². The van der Waals surface area contributed by atoms with Gasteiger partial charge in [0, 0.05) is 15.8 Å². The maximum atomic E-state index is 13.6. The van der Waals surface area contributed by atoms with Crippen LogP contribution in [0.5, 0.6) is 0 Å². The van der Waals surface area contributed by atoms with Crippen LogP contribution in [0.25, 0.3) is 32.5 Å². The predicted octanol–water partition coefficient (Wildman–Crippen LogP) is 6.43. The molecule has 2 aromatic heterocycles. The van der Waals surface area contributed by atoms with E-state index < -0.39 is 27.1 Å². The van der Waals surface area contributed by atoms with Gasteiger partial charge in [0.25, 0.3) is 5.56 Å². The molecule has 0 saturated heterocycles. The molecule has 0 unspecified atom stereocenters. The second-order valence-corrected chi connectivity index (χ2v) is 11.1. The molecule has 0 aliphatic rings. The highest BCUT2D eigenvalue weighted by molar-refractivity contribution is 7.93. The fourth-order valence-corrected chi connectivity index (χ4v) is 6.64. The van der Waals surface area contributed by atoms with Crippen LogP contribution in [0.3, 0.4) is 0 Å². The fraction of sp³-hybridized carbons (Fsp3) is 0.208. The van der Waals surface area contributed by atoms with Crippen molar-refractivity contribution >= 4 is 32.1 Å². The number of aromatic amines is 1. The summed E-state index contributed by atoms with van der Waals surface area (Å²) in [6.45, 7) is 3.37. The van der Waals surface area contributed by atoms with E-state index in [-0.39, 0.29) is 20.9 Å². The van der Waals surface area contributed by atoms with Crippen LogP contribution in [0, 0.1) is 6.92 Å². The molecule has 0 amide bonds. The van der Waals surface area contributed by atoms with Gasteiger partial charge in [-0.05, 0) is 54.3 Å². The molecule has 172 valence electrons. The molecule has 2 aromatic carbocycles. The van der Waals surface area contributed by atoms with Gasteiger partial charge in [0.05, 0.1) is 16.8 Å². The Morgan fingerprint density at radius 1 is 1.00 bits per heavy atom. The molecule has 0 atom stereocenters. The van der Waals surface area contributed by atoms with Crippen molar-refractivity contribution in [1.29, 1.82) is 0 Å². The lowest BCUT2D eigenvalue weighted by Gasteiger charge is -2.15. The van der Waals surface area contributed by atoms with Crippen molar-refractivity contribution in [1.82, 2.24) is 4.98 Å². The van der Waals surface area contributed by atoms with Crippen molar-refractivity contribution in [2.24, 2.45) is 0 Å². The lowest BCUT2D eigenvalue weighted by molar-refractivity contribution is -0.136. The molecule has 0 aliphatic heterocycles. The summed E-state index contributed by atoms with van der Waals surface area (Å²) >= 11 is 1.15. The zero-order chi connectivity index (χ0) is 24.0. The van der Waals surface area contributed by atoms with Crippen LogP contribution < -0.4 is 5.56 Å². The number of nitrogens with one attached hydrogen (secondary N) is 1. The number of pyridine rings is 1. The number of alkyl halides is 3. The number of benzene rings is 2. The van der Waals surface area contributed by atoms with Gasteiger partial charge in [0.1, 0.15) is 4.21 Å². The first-order valence-electron chi connectivity index (χ1n) is 10.2. The Kier molecular flexibility index (Phi) is 5.96. The van der Waals surface area contributed by atoms with Crippen LogP contribution in [0.4, 0.5) is 13.2 Å². The number of sulfone groups is 1. The minimum atomic E-state index is -4.62. The first kappa shape index (κ1) is 23.3. The Morgan fingerprint density at radius 2 is 1.70 bits per heavy atom. The Balaban J connectivity index is 1.90. The second-order valence-electron chi connectivity index (χ2n) is 7.70. The van der Waals surface area contributed by atoms with Crippen LogP contribution in [0.15, 0.2) is 63.6 Å². The average molecular weight is 492 g/mol. The number of hydrogen-bond donors (Lipinski definition) is 1. The molecule has 0 saturated carbocycles. The molecule has 0 aliphatic carbocycles. The van der Waals surface area contributed by atoms with E-state index >= 15 is 0 Å². The molecule has 4 nitrogen and oxygen atoms in total. The van der Waals surface area contributed by atoms with Crippen molar-refractivity contribution in [2.75, 3.05) is 5.75 Å². The van der Waals surface area contributed by atoms with Crippen molar-refractivity contribution in [3.63, 3.8) is 0 Å². The van der Waals surface area contributed by atoms with Gasteiger partial charge in [-0.25, -0.2) is 8.42 Å². The number of para-hydroxylation sites is 1. The summed E-state index contributed by atoms with van der Waals surface area (Å²) in [5.41, 5.74) is 0.253. The van der Waals surface area contributed by atoms with E-state index in [0.717, 1.165) is 23.0 Å². The van der Waals surface area contributed by atoms with Gasteiger partial charge in [0.2, 0.25) is 0 Å². The normalized spacial score (nSPS) is 12.4. The highest BCUT2D eigenvalue weighted by atomic mass is 32.2. The third kappa shape index (κ3) is 4.35. The number of rotatable bonds is 5. The maximum absolute atomic E-state index is 13.6. The summed E-state index contributed by atoms with van der Waals surface area (Å²) in [7, 11) is -3.35. The van der Waals surface area contributed by atoms with Gasteiger partial charge in [0.15, 0.2) is 9.84 Å². The van der Waals surface area contributed by atoms with E-state index in [0.29, 0.717) is 28.0 Å². The van der Waals surface area contributed by atoms with Crippen LogP contribution in [0.1, 0.15) is 24.5 Å². The Hall–Kier alpha value is -2.91. The van der Waals surface area contributed by atoms with E-state index in [2.05, 4.69) is 4.98 Å². The zero-order valence-corrected chi connectivity index (χ0v) is 19.4.